The van der Waals surface area contributed by atoms with Crippen molar-refractivity contribution in [1.82, 2.24) is 10.4 Å². The summed E-state index contributed by atoms with van der Waals surface area (Å²) in [5.41, 5.74) is 0.0579. The van der Waals surface area contributed by atoms with E-state index in [1.54, 1.807) is 0 Å². The first-order valence-corrected chi connectivity index (χ1v) is 5.07. The van der Waals surface area contributed by atoms with Crippen LogP contribution in [0.2, 0.25) is 0 Å². The molecular formula is C9H18N2OS. The Labute approximate surface area is 85.1 Å². The van der Waals surface area contributed by atoms with Crippen LogP contribution in [0.15, 0.2) is 0 Å². The maximum atomic E-state index is 9.54. The van der Waals surface area contributed by atoms with E-state index >= 15 is 0 Å². The van der Waals surface area contributed by atoms with Crippen LogP contribution in [0.4, 0.5) is 0 Å². The summed E-state index contributed by atoms with van der Waals surface area (Å²) in [6.07, 6.45) is 0.934. The number of thiocarbonyl (C=S) groups is 1. The van der Waals surface area contributed by atoms with Crippen molar-refractivity contribution >= 4 is 17.2 Å². The van der Waals surface area contributed by atoms with Gasteiger partial charge in [0.15, 0.2) is 0 Å². The first-order chi connectivity index (χ1) is 5.93. The molecule has 0 aromatic heterocycles. The van der Waals surface area contributed by atoms with Crippen LogP contribution in [-0.4, -0.2) is 34.4 Å². The van der Waals surface area contributed by atoms with E-state index in [-0.39, 0.29) is 11.5 Å². The van der Waals surface area contributed by atoms with Gasteiger partial charge >= 0.3 is 0 Å². The molecule has 0 saturated carbocycles. The monoisotopic (exact) mass is 202 g/mol. The Bertz CT molecular complexity index is 200. The average Bonchev–Trinajstić information content (AvgIpc) is 2.14. The predicted octanol–water partition coefficient (Wildman–Crippen LogP) is 1.41. The van der Waals surface area contributed by atoms with Gasteiger partial charge in [-0.25, -0.2) is 5.06 Å². The molecular weight excluding hydrogens is 184 g/mol. The van der Waals surface area contributed by atoms with E-state index in [0.717, 1.165) is 13.0 Å². The van der Waals surface area contributed by atoms with Gasteiger partial charge in [-0.15, -0.1) is 0 Å². The molecule has 3 nitrogen and oxygen atoms in total. The van der Waals surface area contributed by atoms with Gasteiger partial charge in [0, 0.05) is 6.54 Å². The second-order valence-corrected chi connectivity index (χ2v) is 4.99. The quantitative estimate of drug-likeness (QED) is 0.582. The van der Waals surface area contributed by atoms with E-state index in [1.165, 1.54) is 5.06 Å². The van der Waals surface area contributed by atoms with Crippen LogP contribution in [0.3, 0.4) is 0 Å². The minimum absolute atomic E-state index is 0.0579. The van der Waals surface area contributed by atoms with Gasteiger partial charge in [0.2, 0.25) is 0 Å². The molecule has 1 aliphatic rings. The zero-order chi connectivity index (χ0) is 10.1. The number of nitrogens with zero attached hydrogens (tertiary/aromatic N) is 1. The van der Waals surface area contributed by atoms with Crippen LogP contribution >= 0.6 is 12.2 Å². The number of nitrogens with one attached hydrogen (secondary N) is 1. The van der Waals surface area contributed by atoms with E-state index in [4.69, 9.17) is 12.2 Å². The third kappa shape index (κ3) is 2.62. The van der Waals surface area contributed by atoms with Crippen molar-refractivity contribution in [3.05, 3.63) is 0 Å². The van der Waals surface area contributed by atoms with Gasteiger partial charge in [-0.2, -0.15) is 0 Å². The minimum atomic E-state index is 0.0579. The fraction of sp³-hybridized carbons (Fsp3) is 0.889. The largest absolute Gasteiger partial charge is 0.307 e. The predicted molar refractivity (Wildman–Crippen MR) is 57.0 cm³/mol. The van der Waals surface area contributed by atoms with Crippen LogP contribution in [0, 0.1) is 5.41 Å². The molecule has 0 aromatic carbocycles. The lowest BCUT2D eigenvalue weighted by atomic mass is 9.86. The normalized spacial score (nSPS) is 26.0. The molecule has 1 unspecified atom stereocenters. The highest BCUT2D eigenvalue weighted by molar-refractivity contribution is 7.80. The van der Waals surface area contributed by atoms with Crippen molar-refractivity contribution in [2.24, 2.45) is 5.41 Å². The van der Waals surface area contributed by atoms with Gasteiger partial charge in [0.05, 0.1) is 6.04 Å². The molecule has 4 heteroatoms. The van der Waals surface area contributed by atoms with Gasteiger partial charge in [-0.05, 0) is 18.4 Å². The van der Waals surface area contributed by atoms with Crippen molar-refractivity contribution in [1.29, 1.82) is 0 Å². The van der Waals surface area contributed by atoms with Crippen LogP contribution < -0.4 is 5.32 Å². The first-order valence-electron chi connectivity index (χ1n) is 4.66. The molecule has 1 rings (SSSR count). The Kier molecular flexibility index (Phi) is 3.27. The highest BCUT2D eigenvalue weighted by Crippen LogP contribution is 2.22. The van der Waals surface area contributed by atoms with Crippen molar-refractivity contribution in [2.45, 2.75) is 33.2 Å². The molecule has 76 valence electrons. The van der Waals surface area contributed by atoms with Gasteiger partial charge in [-0.3, -0.25) is 5.21 Å². The van der Waals surface area contributed by atoms with E-state index < -0.39 is 0 Å². The minimum Gasteiger partial charge on any atom is -0.307 e. The van der Waals surface area contributed by atoms with Gasteiger partial charge < -0.3 is 5.32 Å². The third-order valence-corrected chi connectivity index (χ3v) is 2.71. The Morgan fingerprint density at radius 3 is 2.69 bits per heavy atom. The highest BCUT2D eigenvalue weighted by atomic mass is 32.1. The van der Waals surface area contributed by atoms with Crippen molar-refractivity contribution in [2.75, 3.05) is 13.1 Å². The van der Waals surface area contributed by atoms with Crippen LogP contribution in [-0.2, 0) is 0 Å². The summed E-state index contributed by atoms with van der Waals surface area (Å²) in [6, 6.07) is 0.0926. The van der Waals surface area contributed by atoms with E-state index in [0.29, 0.717) is 11.5 Å². The van der Waals surface area contributed by atoms with Crippen molar-refractivity contribution in [3.63, 3.8) is 0 Å². The maximum absolute atomic E-state index is 9.54. The van der Waals surface area contributed by atoms with E-state index in [1.807, 2.05) is 0 Å². The van der Waals surface area contributed by atoms with Crippen molar-refractivity contribution < 1.29 is 5.21 Å². The molecule has 1 fully saturated rings. The van der Waals surface area contributed by atoms with Gasteiger partial charge in [0.25, 0.3) is 0 Å². The van der Waals surface area contributed by atoms with Crippen LogP contribution in [0.5, 0.6) is 0 Å². The Morgan fingerprint density at radius 2 is 2.15 bits per heavy atom. The smallest absolute Gasteiger partial charge is 0.121 e. The fourth-order valence-electron chi connectivity index (χ4n) is 1.50. The summed E-state index contributed by atoms with van der Waals surface area (Å²) < 4.78 is 0. The summed E-state index contributed by atoms with van der Waals surface area (Å²) in [7, 11) is 0. The molecule has 1 atom stereocenters. The Hall–Kier alpha value is -0.190. The molecule has 0 amide bonds. The molecule has 13 heavy (non-hydrogen) atoms. The van der Waals surface area contributed by atoms with Crippen LogP contribution in [0.25, 0.3) is 0 Å². The lowest BCUT2D eigenvalue weighted by molar-refractivity contribution is -0.0139. The first kappa shape index (κ1) is 10.9. The molecule has 0 aliphatic carbocycles. The summed E-state index contributed by atoms with van der Waals surface area (Å²) in [5.74, 6) is 0. The summed E-state index contributed by atoms with van der Waals surface area (Å²) >= 11 is 5.20. The molecule has 0 spiro atoms. The van der Waals surface area contributed by atoms with Crippen molar-refractivity contribution in [3.8, 4) is 0 Å². The average molecular weight is 202 g/mol. The number of rotatable bonds is 0. The lowest BCUT2D eigenvalue weighted by Gasteiger charge is -2.32. The van der Waals surface area contributed by atoms with E-state index in [2.05, 4.69) is 26.1 Å². The molecule has 0 bridgehead atoms. The zero-order valence-electron chi connectivity index (χ0n) is 8.50. The molecule has 0 radical (unpaired) electrons. The SMILES string of the molecule is CC(C)(C)C1NCCCN(O)C1=S. The van der Waals surface area contributed by atoms with E-state index in [9.17, 15) is 5.21 Å². The summed E-state index contributed by atoms with van der Waals surface area (Å²) in [5, 5.41) is 14.1. The molecule has 1 saturated heterocycles. The lowest BCUT2D eigenvalue weighted by Crippen LogP contribution is -2.49. The van der Waals surface area contributed by atoms with Gasteiger partial charge in [-0.1, -0.05) is 33.0 Å². The fourth-order valence-corrected chi connectivity index (χ4v) is 2.03. The second-order valence-electron chi connectivity index (χ2n) is 4.57. The number of hydroxylamine groups is 2. The third-order valence-electron chi connectivity index (χ3n) is 2.26. The second kappa shape index (κ2) is 3.90. The van der Waals surface area contributed by atoms with Gasteiger partial charge in [0.1, 0.15) is 4.99 Å². The summed E-state index contributed by atoms with van der Waals surface area (Å²) in [6.45, 7) is 7.92. The highest BCUT2D eigenvalue weighted by Gasteiger charge is 2.31. The number of hydrogen-bond acceptors (Lipinski definition) is 3. The zero-order valence-corrected chi connectivity index (χ0v) is 9.32. The standard InChI is InChI=1S/C9H18N2OS/c1-9(2,3)7-8(13)11(12)6-4-5-10-7/h7,10,12H,4-6H2,1-3H3. The Balaban J connectivity index is 2.76. The topological polar surface area (TPSA) is 35.5 Å². The van der Waals surface area contributed by atoms with Crippen LogP contribution in [0.1, 0.15) is 27.2 Å². The molecule has 1 aliphatic heterocycles. The maximum Gasteiger partial charge on any atom is 0.121 e. The summed E-state index contributed by atoms with van der Waals surface area (Å²) in [4.78, 5) is 0.616. The number of hydrogen-bond donors (Lipinski definition) is 2. The molecule has 0 aromatic rings. The Morgan fingerprint density at radius 1 is 1.54 bits per heavy atom. The molecule has 1 heterocycles. The molecule has 2 N–H and O–H groups in total.